The normalized spacial score (nSPS) is 20.2. The van der Waals surface area contributed by atoms with Crippen LogP contribution in [0.25, 0.3) is 11.7 Å². The molecule has 0 saturated carbocycles. The van der Waals surface area contributed by atoms with E-state index in [2.05, 4.69) is 5.32 Å². The van der Waals surface area contributed by atoms with Crippen molar-refractivity contribution in [1.82, 2.24) is 14.3 Å². The van der Waals surface area contributed by atoms with E-state index in [1.54, 1.807) is 17.2 Å². The minimum absolute atomic E-state index is 0.00302. The molecule has 1 aromatic carbocycles. The molecule has 5 rings (SSSR count). The number of pyridine rings is 1. The molecule has 0 aliphatic carbocycles. The number of thioether (sulfide) groups is 1. The van der Waals surface area contributed by atoms with Gasteiger partial charge >= 0.3 is 0 Å². The first kappa shape index (κ1) is 23.7. The third-order valence-electron chi connectivity index (χ3n) is 6.30. The number of ether oxygens (including phenoxy) is 1. The topological polar surface area (TPSA) is 75.9 Å². The first-order valence-electron chi connectivity index (χ1n) is 11.6. The molecule has 2 aromatic heterocycles. The number of carbonyl (C=O) groups excluding carboxylic acids is 1. The second-order valence-electron chi connectivity index (χ2n) is 8.77. The molecular weight excluding hydrogens is 480 g/mol. The number of nitrogens with one attached hydrogen (secondary N) is 1. The van der Waals surface area contributed by atoms with Crippen LogP contribution in [0, 0.1) is 6.92 Å². The summed E-state index contributed by atoms with van der Waals surface area (Å²) in [5, 5.41) is 3.40. The van der Waals surface area contributed by atoms with Gasteiger partial charge in [-0.15, -0.1) is 0 Å². The molecule has 3 aromatic rings. The van der Waals surface area contributed by atoms with Gasteiger partial charge < -0.3 is 10.1 Å². The van der Waals surface area contributed by atoms with Crippen molar-refractivity contribution in [3.8, 4) is 0 Å². The Morgan fingerprint density at radius 2 is 2.06 bits per heavy atom. The molecular formula is C26H26N4O3S2. The predicted molar refractivity (Wildman–Crippen MR) is 144 cm³/mol. The number of thiocarbonyl (C=S) groups is 1. The van der Waals surface area contributed by atoms with Crippen molar-refractivity contribution in [3.05, 3.63) is 80.6 Å². The first-order valence-corrected chi connectivity index (χ1v) is 12.9. The molecule has 180 valence electrons. The summed E-state index contributed by atoms with van der Waals surface area (Å²) in [6, 6.07) is 13.6. The van der Waals surface area contributed by atoms with Crippen molar-refractivity contribution in [2.45, 2.75) is 38.8 Å². The zero-order chi connectivity index (χ0) is 24.5. The van der Waals surface area contributed by atoms with Crippen LogP contribution in [0.15, 0.2) is 58.4 Å². The van der Waals surface area contributed by atoms with Crippen molar-refractivity contribution in [2.75, 3.05) is 18.5 Å². The number of anilines is 1. The van der Waals surface area contributed by atoms with E-state index < -0.39 is 0 Å². The summed E-state index contributed by atoms with van der Waals surface area (Å²) in [5.74, 6) is 0.233. The second-order valence-corrected chi connectivity index (χ2v) is 10.4. The Labute approximate surface area is 213 Å². The molecule has 1 amide bonds. The van der Waals surface area contributed by atoms with E-state index >= 15 is 0 Å². The summed E-state index contributed by atoms with van der Waals surface area (Å²) in [6.07, 6.45) is 5.22. The number of aryl methyl sites for hydroxylation is 1. The Bertz CT molecular complexity index is 1380. The molecule has 1 N–H and O–H groups in total. The van der Waals surface area contributed by atoms with E-state index in [-0.39, 0.29) is 23.6 Å². The van der Waals surface area contributed by atoms with E-state index in [4.69, 9.17) is 21.9 Å². The number of aromatic nitrogens is 2. The van der Waals surface area contributed by atoms with Crippen molar-refractivity contribution in [1.29, 1.82) is 0 Å². The van der Waals surface area contributed by atoms with Gasteiger partial charge in [0.25, 0.3) is 11.5 Å². The van der Waals surface area contributed by atoms with Gasteiger partial charge in [-0.05, 0) is 50.0 Å². The number of rotatable bonds is 6. The molecule has 7 nitrogen and oxygen atoms in total. The summed E-state index contributed by atoms with van der Waals surface area (Å²) in [5.41, 5.74) is 2.60. The highest BCUT2D eigenvalue weighted by Gasteiger charge is 2.35. The summed E-state index contributed by atoms with van der Waals surface area (Å²) in [7, 11) is 0. The van der Waals surface area contributed by atoms with E-state index in [1.165, 1.54) is 16.2 Å². The fraction of sp³-hybridized carbons (Fsp3) is 0.308. The molecule has 4 heterocycles. The predicted octanol–water partition coefficient (Wildman–Crippen LogP) is 4.56. The molecule has 2 aliphatic heterocycles. The van der Waals surface area contributed by atoms with Gasteiger partial charge in [-0.25, -0.2) is 4.98 Å². The van der Waals surface area contributed by atoms with Crippen LogP contribution in [0.2, 0.25) is 0 Å². The van der Waals surface area contributed by atoms with Crippen molar-refractivity contribution in [3.63, 3.8) is 0 Å². The lowest BCUT2D eigenvalue weighted by Gasteiger charge is -2.19. The van der Waals surface area contributed by atoms with E-state index in [0.29, 0.717) is 39.4 Å². The molecule has 0 radical (unpaired) electrons. The van der Waals surface area contributed by atoms with E-state index in [0.717, 1.165) is 24.0 Å². The quantitative estimate of drug-likeness (QED) is 0.388. The first-order chi connectivity index (χ1) is 16.9. The monoisotopic (exact) mass is 506 g/mol. The van der Waals surface area contributed by atoms with Gasteiger partial charge in [0.05, 0.1) is 23.1 Å². The Balaban J connectivity index is 1.55. The fourth-order valence-electron chi connectivity index (χ4n) is 4.36. The highest BCUT2D eigenvalue weighted by Crippen LogP contribution is 2.34. The molecule has 2 aliphatic rings. The molecule has 9 heteroatoms. The van der Waals surface area contributed by atoms with Crippen molar-refractivity contribution >= 4 is 51.7 Å². The summed E-state index contributed by atoms with van der Waals surface area (Å²) < 4.78 is 7.69. The van der Waals surface area contributed by atoms with Crippen LogP contribution >= 0.6 is 24.0 Å². The van der Waals surface area contributed by atoms with Crippen LogP contribution in [0.1, 0.15) is 42.5 Å². The number of benzene rings is 1. The molecule has 2 atom stereocenters. The SMILES string of the molecule is Cc1cccn2c(=O)c(/C=C3\SC(=S)N(C[C@H]4CCCO4)C3=O)c(N[C@@H](C)c3ccccc3)nc12. The maximum atomic E-state index is 13.6. The van der Waals surface area contributed by atoms with Gasteiger partial charge in [0.2, 0.25) is 0 Å². The van der Waals surface area contributed by atoms with Crippen LogP contribution in [0.5, 0.6) is 0 Å². The van der Waals surface area contributed by atoms with Gasteiger partial charge in [-0.1, -0.05) is 60.4 Å². The number of hydrogen-bond acceptors (Lipinski definition) is 7. The van der Waals surface area contributed by atoms with Gasteiger partial charge in [-0.2, -0.15) is 0 Å². The van der Waals surface area contributed by atoms with Crippen LogP contribution in [-0.4, -0.2) is 43.8 Å². The van der Waals surface area contributed by atoms with Crippen molar-refractivity contribution < 1.29 is 9.53 Å². The van der Waals surface area contributed by atoms with E-state index in [9.17, 15) is 9.59 Å². The average Bonchev–Trinajstić information content (AvgIpc) is 3.46. The van der Waals surface area contributed by atoms with Crippen LogP contribution in [0.3, 0.4) is 0 Å². The minimum Gasteiger partial charge on any atom is -0.376 e. The molecule has 2 saturated heterocycles. The lowest BCUT2D eigenvalue weighted by molar-refractivity contribution is -0.123. The standard InChI is InChI=1S/C26H26N4O3S2/c1-16-8-6-12-29-23(16)28-22(27-17(2)18-9-4-3-5-10-18)20(24(29)31)14-21-25(32)30(26(34)35-21)15-19-11-7-13-33-19/h3-6,8-10,12,14,17,19,27H,7,11,13,15H2,1-2H3/b21-14-/t17-,19+/m0/s1. The number of hydrogen-bond donors (Lipinski definition) is 1. The number of carbonyl (C=O) groups is 1. The Kier molecular flexibility index (Phi) is 6.73. The molecule has 0 bridgehead atoms. The maximum Gasteiger partial charge on any atom is 0.267 e. The summed E-state index contributed by atoms with van der Waals surface area (Å²) in [4.78, 5) is 33.6. The lowest BCUT2D eigenvalue weighted by atomic mass is 10.1. The highest BCUT2D eigenvalue weighted by molar-refractivity contribution is 8.26. The molecule has 35 heavy (non-hydrogen) atoms. The zero-order valence-electron chi connectivity index (χ0n) is 19.6. The highest BCUT2D eigenvalue weighted by atomic mass is 32.2. The number of nitrogens with zero attached hydrogens (tertiary/aromatic N) is 3. The Morgan fingerprint density at radius 3 is 2.80 bits per heavy atom. The Hall–Kier alpha value is -3.01. The van der Waals surface area contributed by atoms with Gasteiger partial charge in [0, 0.05) is 18.8 Å². The largest absolute Gasteiger partial charge is 0.376 e. The van der Waals surface area contributed by atoms with Gasteiger partial charge in [-0.3, -0.25) is 18.9 Å². The number of amides is 1. The van der Waals surface area contributed by atoms with Gasteiger partial charge in [0.1, 0.15) is 15.8 Å². The minimum atomic E-state index is -0.245. The van der Waals surface area contributed by atoms with Gasteiger partial charge in [0.15, 0.2) is 0 Å². The van der Waals surface area contributed by atoms with Crippen LogP contribution in [0.4, 0.5) is 5.82 Å². The van der Waals surface area contributed by atoms with Crippen LogP contribution in [-0.2, 0) is 9.53 Å². The Morgan fingerprint density at radius 1 is 1.26 bits per heavy atom. The third-order valence-corrected chi connectivity index (χ3v) is 7.67. The summed E-state index contributed by atoms with van der Waals surface area (Å²) >= 11 is 6.71. The number of fused-ring (bicyclic) bond motifs is 1. The third kappa shape index (κ3) is 4.76. The summed E-state index contributed by atoms with van der Waals surface area (Å²) in [6.45, 7) is 5.08. The fourth-order valence-corrected chi connectivity index (χ4v) is 5.62. The van der Waals surface area contributed by atoms with Crippen molar-refractivity contribution in [2.24, 2.45) is 0 Å². The maximum absolute atomic E-state index is 13.6. The molecule has 0 spiro atoms. The smallest absolute Gasteiger partial charge is 0.267 e. The average molecular weight is 507 g/mol. The zero-order valence-corrected chi connectivity index (χ0v) is 21.2. The molecule has 2 fully saturated rings. The van der Waals surface area contributed by atoms with E-state index in [1.807, 2.05) is 56.3 Å². The van der Waals surface area contributed by atoms with Crippen LogP contribution < -0.4 is 10.9 Å². The molecule has 0 unspecified atom stereocenters. The second kappa shape index (κ2) is 9.93. The lowest BCUT2D eigenvalue weighted by Crippen LogP contribution is -2.35.